The molecule has 1 aromatic rings. The molecule has 1 aliphatic heterocycles. The Morgan fingerprint density at radius 1 is 1.29 bits per heavy atom. The van der Waals surface area contributed by atoms with E-state index in [1.807, 2.05) is 0 Å². The number of methoxy groups -OCH3 is 1. The van der Waals surface area contributed by atoms with E-state index >= 15 is 0 Å². The van der Waals surface area contributed by atoms with Crippen LogP contribution in [0.25, 0.3) is 0 Å². The molecule has 2 rings (SSSR count). The molecule has 4 nitrogen and oxygen atoms in total. The van der Waals surface area contributed by atoms with Gasteiger partial charge >= 0.3 is 0 Å². The minimum absolute atomic E-state index is 0.752. The lowest BCUT2D eigenvalue weighted by molar-refractivity contribution is 0.412. The van der Waals surface area contributed by atoms with Crippen molar-refractivity contribution in [1.82, 2.24) is 10.6 Å². The molecule has 0 spiro atoms. The molecule has 1 aliphatic rings. The summed E-state index contributed by atoms with van der Waals surface area (Å²) >= 11 is 0. The summed E-state index contributed by atoms with van der Waals surface area (Å²) in [7, 11) is 1.76. The van der Waals surface area contributed by atoms with Crippen molar-refractivity contribution in [1.29, 1.82) is 0 Å². The monoisotopic (exact) mass is 291 g/mol. The molecule has 0 aromatic heterocycles. The fraction of sp³-hybridized carbons (Fsp3) is 0.647. The Labute approximate surface area is 128 Å². The summed E-state index contributed by atoms with van der Waals surface area (Å²) in [6.07, 6.45) is 1.22. The van der Waals surface area contributed by atoms with Crippen molar-refractivity contribution in [3.8, 4) is 5.75 Å². The Kier molecular flexibility index (Phi) is 6.33. The third-order valence-corrected chi connectivity index (χ3v) is 3.93. The van der Waals surface area contributed by atoms with Gasteiger partial charge in [0.2, 0.25) is 0 Å². The maximum absolute atomic E-state index is 5.59. The molecule has 0 bridgehead atoms. The second kappa shape index (κ2) is 8.25. The van der Waals surface area contributed by atoms with Gasteiger partial charge in [0.25, 0.3) is 0 Å². The van der Waals surface area contributed by atoms with Gasteiger partial charge in [0.1, 0.15) is 5.75 Å². The Morgan fingerprint density at radius 3 is 2.71 bits per heavy atom. The van der Waals surface area contributed by atoms with Crippen LogP contribution in [-0.4, -0.2) is 39.8 Å². The summed E-state index contributed by atoms with van der Waals surface area (Å²) in [6, 6.07) is 6.58. The molecule has 0 atom stereocenters. The van der Waals surface area contributed by atoms with Crippen LogP contribution in [0.2, 0.25) is 0 Å². The number of anilines is 1. The van der Waals surface area contributed by atoms with Gasteiger partial charge in [-0.2, -0.15) is 0 Å². The highest BCUT2D eigenvalue weighted by atomic mass is 16.5. The number of piperazine rings is 1. The quantitative estimate of drug-likeness (QED) is 0.756. The first-order valence-corrected chi connectivity index (χ1v) is 8.04. The van der Waals surface area contributed by atoms with Crippen LogP contribution < -0.4 is 20.3 Å². The first-order valence-electron chi connectivity index (χ1n) is 8.04. The maximum atomic E-state index is 5.59. The van der Waals surface area contributed by atoms with Crippen LogP contribution in [0.3, 0.4) is 0 Å². The summed E-state index contributed by atoms with van der Waals surface area (Å²) in [5.74, 6) is 1.74. The highest BCUT2D eigenvalue weighted by Crippen LogP contribution is 2.29. The molecule has 0 radical (unpaired) electrons. The van der Waals surface area contributed by atoms with Crippen molar-refractivity contribution in [2.45, 2.75) is 26.8 Å². The Bertz CT molecular complexity index is 428. The molecule has 0 amide bonds. The topological polar surface area (TPSA) is 36.5 Å². The standard InChI is InChI=1S/C17H29N3O/c1-14(2)6-7-19-13-15-4-5-16(17(12-15)21-3)20-10-8-18-9-11-20/h4-5,12,14,18-19H,6-11,13H2,1-3H3. The molecular weight excluding hydrogens is 262 g/mol. The molecule has 1 aromatic carbocycles. The molecule has 21 heavy (non-hydrogen) atoms. The van der Waals surface area contributed by atoms with Gasteiger partial charge in [-0.25, -0.2) is 0 Å². The highest BCUT2D eigenvalue weighted by molar-refractivity contribution is 5.60. The predicted molar refractivity (Wildman–Crippen MR) is 89.2 cm³/mol. The van der Waals surface area contributed by atoms with E-state index < -0.39 is 0 Å². The molecule has 1 fully saturated rings. The summed E-state index contributed by atoms with van der Waals surface area (Å²) in [4.78, 5) is 2.39. The van der Waals surface area contributed by atoms with Gasteiger partial charge in [-0.3, -0.25) is 0 Å². The van der Waals surface area contributed by atoms with E-state index in [4.69, 9.17) is 4.74 Å². The first-order chi connectivity index (χ1) is 10.2. The normalized spacial score (nSPS) is 15.5. The molecule has 0 saturated carbocycles. The Balaban J connectivity index is 1.95. The van der Waals surface area contributed by atoms with Gasteiger partial charge in [-0.1, -0.05) is 19.9 Å². The molecule has 118 valence electrons. The van der Waals surface area contributed by atoms with E-state index in [1.165, 1.54) is 17.7 Å². The van der Waals surface area contributed by atoms with E-state index in [0.29, 0.717) is 0 Å². The van der Waals surface area contributed by atoms with Crippen LogP contribution in [0.15, 0.2) is 18.2 Å². The lowest BCUT2D eigenvalue weighted by Crippen LogP contribution is -2.43. The van der Waals surface area contributed by atoms with Gasteiger partial charge in [0.15, 0.2) is 0 Å². The molecule has 2 N–H and O–H groups in total. The zero-order valence-electron chi connectivity index (χ0n) is 13.6. The number of nitrogens with zero attached hydrogens (tertiary/aromatic N) is 1. The summed E-state index contributed by atoms with van der Waals surface area (Å²) in [5.41, 5.74) is 2.50. The van der Waals surface area contributed by atoms with Crippen molar-refractivity contribution in [2.75, 3.05) is 44.7 Å². The zero-order valence-corrected chi connectivity index (χ0v) is 13.6. The van der Waals surface area contributed by atoms with E-state index in [2.05, 4.69) is 47.6 Å². The molecule has 1 saturated heterocycles. The molecule has 0 unspecified atom stereocenters. The van der Waals surface area contributed by atoms with Crippen LogP contribution in [0.4, 0.5) is 5.69 Å². The lowest BCUT2D eigenvalue weighted by Gasteiger charge is -2.30. The second-order valence-electron chi connectivity index (χ2n) is 6.10. The minimum Gasteiger partial charge on any atom is -0.495 e. The van der Waals surface area contributed by atoms with Crippen molar-refractivity contribution >= 4 is 5.69 Å². The lowest BCUT2D eigenvalue weighted by atomic mass is 10.1. The summed E-state index contributed by atoms with van der Waals surface area (Å²) in [5, 5.41) is 6.89. The highest BCUT2D eigenvalue weighted by Gasteiger charge is 2.15. The number of ether oxygens (including phenoxy) is 1. The van der Waals surface area contributed by atoms with Gasteiger partial charge in [-0.05, 0) is 36.6 Å². The number of nitrogens with one attached hydrogen (secondary N) is 2. The number of benzene rings is 1. The summed E-state index contributed by atoms with van der Waals surface area (Å²) < 4.78 is 5.59. The molecule has 1 heterocycles. The maximum Gasteiger partial charge on any atom is 0.142 e. The first kappa shape index (κ1) is 16.1. The average Bonchev–Trinajstić information content (AvgIpc) is 2.52. The molecule has 0 aliphatic carbocycles. The Morgan fingerprint density at radius 2 is 2.05 bits per heavy atom. The van der Waals surface area contributed by atoms with Crippen molar-refractivity contribution in [3.63, 3.8) is 0 Å². The third-order valence-electron chi connectivity index (χ3n) is 3.93. The number of rotatable bonds is 7. The van der Waals surface area contributed by atoms with Gasteiger partial charge < -0.3 is 20.3 Å². The van der Waals surface area contributed by atoms with Crippen LogP contribution in [-0.2, 0) is 6.54 Å². The average molecular weight is 291 g/mol. The molecular formula is C17H29N3O. The van der Waals surface area contributed by atoms with Crippen LogP contribution in [0, 0.1) is 5.92 Å². The number of hydrogen-bond acceptors (Lipinski definition) is 4. The fourth-order valence-corrected chi connectivity index (χ4v) is 2.62. The van der Waals surface area contributed by atoms with E-state index in [9.17, 15) is 0 Å². The van der Waals surface area contributed by atoms with Crippen LogP contribution >= 0.6 is 0 Å². The van der Waals surface area contributed by atoms with Gasteiger partial charge in [-0.15, -0.1) is 0 Å². The minimum atomic E-state index is 0.752. The van der Waals surface area contributed by atoms with E-state index in [1.54, 1.807) is 7.11 Å². The van der Waals surface area contributed by atoms with Crippen LogP contribution in [0.5, 0.6) is 5.75 Å². The third kappa shape index (κ3) is 4.90. The van der Waals surface area contributed by atoms with Crippen molar-refractivity contribution in [2.24, 2.45) is 5.92 Å². The van der Waals surface area contributed by atoms with E-state index in [-0.39, 0.29) is 0 Å². The predicted octanol–water partition coefficient (Wildman–Crippen LogP) is 2.24. The summed E-state index contributed by atoms with van der Waals surface area (Å²) in [6.45, 7) is 10.7. The van der Waals surface area contributed by atoms with Crippen LogP contribution in [0.1, 0.15) is 25.8 Å². The van der Waals surface area contributed by atoms with E-state index in [0.717, 1.165) is 50.9 Å². The Hall–Kier alpha value is -1.26. The van der Waals surface area contributed by atoms with Crippen molar-refractivity contribution in [3.05, 3.63) is 23.8 Å². The second-order valence-corrected chi connectivity index (χ2v) is 6.10. The van der Waals surface area contributed by atoms with Crippen molar-refractivity contribution < 1.29 is 4.74 Å². The largest absolute Gasteiger partial charge is 0.495 e. The SMILES string of the molecule is COc1cc(CNCCC(C)C)ccc1N1CCNCC1. The molecule has 4 heteroatoms. The fourth-order valence-electron chi connectivity index (χ4n) is 2.62. The zero-order chi connectivity index (χ0) is 15.1. The van der Waals surface area contributed by atoms with Gasteiger partial charge in [0, 0.05) is 32.7 Å². The van der Waals surface area contributed by atoms with Gasteiger partial charge in [0.05, 0.1) is 12.8 Å². The smallest absolute Gasteiger partial charge is 0.142 e. The number of hydrogen-bond donors (Lipinski definition) is 2.